The third-order valence-corrected chi connectivity index (χ3v) is 5.29. The summed E-state index contributed by atoms with van der Waals surface area (Å²) in [5.41, 5.74) is 14.5. The van der Waals surface area contributed by atoms with Gasteiger partial charge in [0, 0.05) is 52.6 Å². The third-order valence-electron chi connectivity index (χ3n) is 5.29. The Balaban J connectivity index is -0.000000104. The van der Waals surface area contributed by atoms with E-state index in [4.69, 9.17) is 104 Å². The molecule has 3 radical (unpaired) electrons. The Morgan fingerprint density at radius 3 is 0.901 bits per heavy atom. The monoisotopic (exact) mass is 1160 g/mol. The van der Waals surface area contributed by atoms with Gasteiger partial charge in [0.2, 0.25) is 0 Å². The third kappa shape index (κ3) is 50.9. The van der Waals surface area contributed by atoms with Crippen molar-refractivity contribution in [3.63, 3.8) is 0 Å². The second kappa shape index (κ2) is 55.9. The Morgan fingerprint density at radius 2 is 0.690 bits per heavy atom. The summed E-state index contributed by atoms with van der Waals surface area (Å²) in [6.07, 6.45) is 3.32. The number of hydrogen-bond acceptors (Lipinski definition) is 30. The van der Waals surface area contributed by atoms with Crippen LogP contribution in [0.2, 0.25) is 0 Å². The Hall–Kier alpha value is -8.38. The first-order valence-corrected chi connectivity index (χ1v) is 16.5. The number of oxime groups is 2. The molecule has 71 heavy (non-hydrogen) atoms. The Kier molecular flexibility index (Phi) is 65.2. The number of aromatic nitrogens is 4. The van der Waals surface area contributed by atoms with Gasteiger partial charge in [0.1, 0.15) is 11.4 Å². The van der Waals surface area contributed by atoms with E-state index in [0.29, 0.717) is 34.2 Å². The summed E-state index contributed by atoms with van der Waals surface area (Å²) in [6, 6.07) is 21.3. The first-order chi connectivity index (χ1) is 32.2. The van der Waals surface area contributed by atoms with Gasteiger partial charge in [-0.15, -0.1) is 10.2 Å². The molecule has 0 spiro atoms. The van der Waals surface area contributed by atoms with Crippen molar-refractivity contribution >= 4 is 34.9 Å². The average Bonchev–Trinajstić information content (AvgIpc) is 3.34. The molecule has 39 heteroatoms. The normalized spacial score (nSPS) is 9.89. The van der Waals surface area contributed by atoms with Crippen LogP contribution < -0.4 is 21.7 Å². The molecule has 0 aliphatic rings. The molecule has 4 rings (SSSR count). The van der Waals surface area contributed by atoms with Gasteiger partial charge in [-0.25, -0.2) is 9.97 Å². The largest absolute Gasteiger partial charge is 2.00 e. The molecule has 4 heterocycles. The first kappa shape index (κ1) is 82.7. The second-order valence-corrected chi connectivity index (χ2v) is 9.29. The first-order valence-electron chi connectivity index (χ1n) is 16.5. The van der Waals surface area contributed by atoms with Crippen LogP contribution >= 0.6 is 0 Å². The van der Waals surface area contributed by atoms with E-state index in [1.54, 1.807) is 60.9 Å². The SMILES string of the molecule is CC(=N\O)/C([O-])=N/N=C(/N)c1cccc(-c2ccccn2)n1.CC(=N\O)/C([O-])=N/N=C(/N)c1cccc(-c2ccccn2)n1.CO.CO.CO.CO.O=[N+]([O-])[O-].O=[N+]([O-])[O-].O=[N+]([O-])[O-].O=[N+]([O-])[O-].[Cu+2].[Cu+2].[Cu+2]. The number of amidine groups is 2. The number of hydrogen-bond donors (Lipinski definition) is 8. The topological polar surface area (TPSA) is 610 Å². The van der Waals surface area contributed by atoms with E-state index in [1.807, 2.05) is 24.3 Å². The molecule has 0 atom stereocenters. The second-order valence-electron chi connectivity index (χ2n) is 9.29. The van der Waals surface area contributed by atoms with Crippen LogP contribution in [-0.4, -0.2) is 134 Å². The van der Waals surface area contributed by atoms with Crippen LogP contribution in [0.5, 0.6) is 0 Å². The number of rotatable bonds is 8. The molecular weight excluding hydrogens is 1120 g/mol. The minimum Gasteiger partial charge on any atom is -0.856 e. The number of aliphatic hydroxyl groups excluding tert-OH is 4. The van der Waals surface area contributed by atoms with Gasteiger partial charge in [-0.1, -0.05) is 34.6 Å². The summed E-state index contributed by atoms with van der Waals surface area (Å²) in [6.45, 7) is 2.61. The van der Waals surface area contributed by atoms with Gasteiger partial charge in [0.15, 0.2) is 11.7 Å². The molecule has 0 fully saturated rings. The summed E-state index contributed by atoms with van der Waals surface area (Å²) >= 11 is 0. The average molecular weight is 1160 g/mol. The van der Waals surface area contributed by atoms with Crippen molar-refractivity contribution in [2.45, 2.75) is 13.8 Å². The van der Waals surface area contributed by atoms with Crippen LogP contribution in [0, 0.1) is 61.3 Å². The molecule has 0 unspecified atom stereocenters. The number of aliphatic hydroxyl groups is 4. The summed E-state index contributed by atoms with van der Waals surface area (Å²) in [7, 11) is 4.00. The predicted octanol–water partition coefficient (Wildman–Crippen LogP) is -1.78. The van der Waals surface area contributed by atoms with Crippen molar-refractivity contribution in [1.29, 1.82) is 0 Å². The van der Waals surface area contributed by atoms with E-state index in [1.165, 1.54) is 13.8 Å². The molecule has 4 aromatic heterocycles. The molecule has 10 N–H and O–H groups in total. The van der Waals surface area contributed by atoms with Crippen molar-refractivity contribution in [1.82, 2.24) is 19.9 Å². The molecule has 0 amide bonds. The summed E-state index contributed by atoms with van der Waals surface area (Å²) in [4.78, 5) is 50.0. The molecule has 0 bridgehead atoms. The van der Waals surface area contributed by atoms with E-state index in [0.717, 1.165) is 28.4 Å². The fourth-order valence-corrected chi connectivity index (χ4v) is 3.00. The maximum Gasteiger partial charge on any atom is 2.00 e. The van der Waals surface area contributed by atoms with E-state index >= 15 is 0 Å². The van der Waals surface area contributed by atoms with Gasteiger partial charge < -0.3 is 114 Å². The van der Waals surface area contributed by atoms with Crippen LogP contribution in [0.4, 0.5) is 0 Å². The van der Waals surface area contributed by atoms with Crippen LogP contribution in [-0.2, 0) is 51.2 Å². The maximum atomic E-state index is 11.3. The molecule has 36 nitrogen and oxygen atoms in total. The molecule has 0 aliphatic carbocycles. The molecule has 4 aromatic rings. The summed E-state index contributed by atoms with van der Waals surface area (Å²) in [5.74, 6) is -1.63. The molecule has 403 valence electrons. The molecule has 0 aromatic carbocycles. The maximum absolute atomic E-state index is 11.3. The van der Waals surface area contributed by atoms with Gasteiger partial charge in [-0.2, -0.15) is 10.2 Å². The fraction of sp³-hybridized carbons (Fsp3) is 0.188. The van der Waals surface area contributed by atoms with E-state index in [9.17, 15) is 10.2 Å². The zero-order valence-corrected chi connectivity index (χ0v) is 39.6. The number of pyridine rings is 4. The summed E-state index contributed by atoms with van der Waals surface area (Å²) in [5, 5.41) is 146. The van der Waals surface area contributed by atoms with Crippen LogP contribution in [0.3, 0.4) is 0 Å². The fourth-order valence-electron chi connectivity index (χ4n) is 3.00. The van der Waals surface area contributed by atoms with Gasteiger partial charge >= 0.3 is 51.2 Å². The zero-order chi connectivity index (χ0) is 54.2. The zero-order valence-electron chi connectivity index (χ0n) is 36.8. The van der Waals surface area contributed by atoms with Crippen LogP contribution in [0.25, 0.3) is 22.8 Å². The van der Waals surface area contributed by atoms with Gasteiger partial charge in [0.05, 0.1) is 54.5 Å². The van der Waals surface area contributed by atoms with E-state index < -0.39 is 32.1 Å². The standard InChI is InChI=1S/2C14H14N6O2.4CH4O.3Cu.4NO3/c2*1-9(20-22)14(21)19-18-13(15)12-7-4-6-11(17-12)10-5-2-3-8-16-10;4*1-2;;;;4*2-1(3)4/h2*2-8,22H,1H3,(H2,15,18)(H,19,21);4*2H,1H3;;;;;;;/q;;;;;;3*+2;4*-1/p-2/b2*20-9+;;;;;;;;;;;. The van der Waals surface area contributed by atoms with Gasteiger partial charge in [0.25, 0.3) is 0 Å². The Bertz CT molecular complexity index is 2010. The van der Waals surface area contributed by atoms with Crippen molar-refractivity contribution in [3.05, 3.63) is 158 Å². The summed E-state index contributed by atoms with van der Waals surface area (Å²) < 4.78 is 0. The van der Waals surface area contributed by atoms with Crippen molar-refractivity contribution < 1.29 is 113 Å². The molecule has 0 aliphatic heterocycles. The molecular formula is C32H42Cu3N16O20. The molecule has 0 saturated heterocycles. The van der Waals surface area contributed by atoms with Gasteiger partial charge in [-0.3, -0.25) is 9.97 Å². The predicted molar refractivity (Wildman–Crippen MR) is 235 cm³/mol. The minimum absolute atomic E-state index is 0. The Labute approximate surface area is 431 Å². The van der Waals surface area contributed by atoms with E-state index in [2.05, 4.69) is 50.7 Å². The quantitative estimate of drug-likeness (QED) is 0.0241. The van der Waals surface area contributed by atoms with Crippen LogP contribution in [0.15, 0.2) is 116 Å². The minimum atomic E-state index is -1.75. The molecule has 0 saturated carbocycles. The number of nitrogens with two attached hydrogens (primary N) is 2. The van der Waals surface area contributed by atoms with Crippen molar-refractivity contribution in [3.8, 4) is 22.8 Å². The Morgan fingerprint density at radius 1 is 0.451 bits per heavy atom. The van der Waals surface area contributed by atoms with E-state index in [-0.39, 0.29) is 74.3 Å². The smallest absolute Gasteiger partial charge is 0.856 e. The number of nitrogens with zero attached hydrogens (tertiary/aromatic N) is 14. The van der Waals surface area contributed by atoms with Crippen molar-refractivity contribution in [2.24, 2.45) is 42.2 Å². The van der Waals surface area contributed by atoms with Crippen molar-refractivity contribution in [2.75, 3.05) is 28.4 Å². The van der Waals surface area contributed by atoms with Gasteiger partial charge in [-0.05, 0) is 62.4 Å². The van der Waals surface area contributed by atoms with Crippen LogP contribution in [0.1, 0.15) is 25.2 Å².